The van der Waals surface area contributed by atoms with Gasteiger partial charge in [-0.2, -0.15) is 0 Å². The van der Waals surface area contributed by atoms with E-state index in [-0.39, 0.29) is 16.1 Å². The summed E-state index contributed by atoms with van der Waals surface area (Å²) in [4.78, 5) is 41.2. The minimum absolute atomic E-state index is 0.0364. The number of hydrogen-bond acceptors (Lipinski definition) is 9. The molecule has 0 aliphatic carbocycles. The zero-order valence-electron chi connectivity index (χ0n) is 27.1. The van der Waals surface area contributed by atoms with Crippen LogP contribution in [-0.4, -0.2) is 76.5 Å². The van der Waals surface area contributed by atoms with Gasteiger partial charge >= 0.3 is 6.09 Å². The standard InChI is InChI=1S/C33H40N4O9S/c1-19(2)47(42,43)29-12-10-23(36(3)33(40)41)18-25(29)26-8-7-13-37(26)32(39)30(20-9-11-27(45-5)28(16-20)46-6)35-22-14-21(31(34)38)15-24(17-22)44-4/h9-12,14-19,26,30,35H,7-8,13H2,1-6H3,(H2,34,38)(H,40,41)/t26-,30+/m1/s1. The molecule has 1 saturated heterocycles. The van der Waals surface area contributed by atoms with Crippen molar-refractivity contribution in [3.63, 3.8) is 0 Å². The molecular weight excluding hydrogens is 628 g/mol. The van der Waals surface area contributed by atoms with Crippen LogP contribution in [0.1, 0.15) is 60.3 Å². The van der Waals surface area contributed by atoms with Crippen molar-refractivity contribution in [3.8, 4) is 17.2 Å². The second kappa shape index (κ2) is 14.2. The van der Waals surface area contributed by atoms with Crippen LogP contribution in [0.2, 0.25) is 0 Å². The van der Waals surface area contributed by atoms with Gasteiger partial charge in [0.1, 0.15) is 11.8 Å². The van der Waals surface area contributed by atoms with Gasteiger partial charge in [0.15, 0.2) is 21.3 Å². The summed E-state index contributed by atoms with van der Waals surface area (Å²) in [5, 5.41) is 12.1. The number of anilines is 2. The van der Waals surface area contributed by atoms with E-state index in [0.29, 0.717) is 53.4 Å². The van der Waals surface area contributed by atoms with E-state index >= 15 is 0 Å². The van der Waals surface area contributed by atoms with E-state index in [1.54, 1.807) is 43.0 Å². The number of rotatable bonds is 12. The molecule has 3 aromatic carbocycles. The molecule has 3 amide bonds. The van der Waals surface area contributed by atoms with Gasteiger partial charge in [0, 0.05) is 36.6 Å². The second-order valence-corrected chi connectivity index (χ2v) is 13.8. The van der Waals surface area contributed by atoms with Crippen LogP contribution in [0.15, 0.2) is 59.5 Å². The number of sulfone groups is 1. The Labute approximate surface area is 274 Å². The number of nitrogens with two attached hydrogens (primary N) is 1. The Morgan fingerprint density at radius 1 is 0.979 bits per heavy atom. The van der Waals surface area contributed by atoms with Crippen molar-refractivity contribution >= 4 is 39.1 Å². The highest BCUT2D eigenvalue weighted by Crippen LogP contribution is 2.41. The van der Waals surface area contributed by atoms with Crippen LogP contribution >= 0.6 is 0 Å². The fraction of sp³-hybridized carbons (Fsp3) is 0.364. The average Bonchev–Trinajstić information content (AvgIpc) is 3.55. The van der Waals surface area contributed by atoms with Crippen LogP contribution in [0.25, 0.3) is 0 Å². The first-order valence-electron chi connectivity index (χ1n) is 14.9. The molecule has 3 aromatic rings. The van der Waals surface area contributed by atoms with Crippen molar-refractivity contribution in [2.45, 2.75) is 48.9 Å². The highest BCUT2D eigenvalue weighted by Gasteiger charge is 2.38. The number of carboxylic acid groups (broad SMARTS) is 1. The number of methoxy groups -OCH3 is 3. The lowest BCUT2D eigenvalue weighted by molar-refractivity contribution is -0.133. The van der Waals surface area contributed by atoms with Crippen molar-refractivity contribution in [1.29, 1.82) is 0 Å². The predicted octanol–water partition coefficient (Wildman–Crippen LogP) is 4.62. The number of primary amides is 1. The summed E-state index contributed by atoms with van der Waals surface area (Å²) in [6.07, 6.45) is -0.211. The van der Waals surface area contributed by atoms with Crippen molar-refractivity contribution in [3.05, 3.63) is 71.3 Å². The lowest BCUT2D eigenvalue weighted by atomic mass is 10.00. The third kappa shape index (κ3) is 7.22. The van der Waals surface area contributed by atoms with Crippen LogP contribution in [0.3, 0.4) is 0 Å². The number of likely N-dealkylation sites (tertiary alicyclic amines) is 1. The average molecular weight is 669 g/mol. The van der Waals surface area contributed by atoms with Gasteiger partial charge in [-0.1, -0.05) is 6.07 Å². The summed E-state index contributed by atoms with van der Waals surface area (Å²) >= 11 is 0. The Morgan fingerprint density at radius 2 is 1.68 bits per heavy atom. The normalized spacial score (nSPS) is 15.2. The summed E-state index contributed by atoms with van der Waals surface area (Å²) < 4.78 is 43.4. The van der Waals surface area contributed by atoms with E-state index in [0.717, 1.165) is 4.90 Å². The molecule has 1 aliphatic heterocycles. The maximum atomic E-state index is 14.7. The number of benzene rings is 3. The Bertz CT molecular complexity index is 1780. The van der Waals surface area contributed by atoms with E-state index in [1.165, 1.54) is 58.7 Å². The second-order valence-electron chi connectivity index (χ2n) is 11.4. The minimum Gasteiger partial charge on any atom is -0.497 e. The maximum absolute atomic E-state index is 14.7. The zero-order valence-corrected chi connectivity index (χ0v) is 28.0. The lowest BCUT2D eigenvalue weighted by Crippen LogP contribution is -2.38. The van der Waals surface area contributed by atoms with Crippen molar-refractivity contribution in [2.24, 2.45) is 5.73 Å². The van der Waals surface area contributed by atoms with Gasteiger partial charge in [-0.25, -0.2) is 13.2 Å². The Kier molecular flexibility index (Phi) is 10.5. The summed E-state index contributed by atoms with van der Waals surface area (Å²) in [5.41, 5.74) is 7.19. The van der Waals surface area contributed by atoms with E-state index < -0.39 is 45.1 Å². The number of hydrogen-bond donors (Lipinski definition) is 3. The number of carbonyl (C=O) groups excluding carboxylic acids is 2. The van der Waals surface area contributed by atoms with E-state index in [9.17, 15) is 27.9 Å². The van der Waals surface area contributed by atoms with E-state index in [4.69, 9.17) is 19.9 Å². The third-order valence-electron chi connectivity index (χ3n) is 8.22. The highest BCUT2D eigenvalue weighted by atomic mass is 32.2. The molecule has 4 N–H and O–H groups in total. The summed E-state index contributed by atoms with van der Waals surface area (Å²) in [5.74, 6) is 0.0746. The van der Waals surface area contributed by atoms with Gasteiger partial charge in [0.05, 0.1) is 37.5 Å². The summed E-state index contributed by atoms with van der Waals surface area (Å²) in [6.45, 7) is 3.44. The molecule has 252 valence electrons. The quantitative estimate of drug-likeness (QED) is 0.247. The number of nitrogens with one attached hydrogen (secondary N) is 1. The SMILES string of the molecule is COc1cc(N[C@H](C(=O)N2CCC[C@@H]2c2cc(N(C)C(=O)O)ccc2S(=O)(=O)C(C)C)c2ccc(OC)c(OC)c2)cc(C(N)=O)c1. The number of nitrogens with zero attached hydrogens (tertiary/aromatic N) is 2. The maximum Gasteiger partial charge on any atom is 0.411 e. The Balaban J connectivity index is 1.87. The number of carbonyl (C=O) groups is 3. The van der Waals surface area contributed by atoms with Gasteiger partial charge in [-0.05, 0) is 80.3 Å². The minimum atomic E-state index is -3.82. The molecule has 1 heterocycles. The third-order valence-corrected chi connectivity index (χ3v) is 10.4. The van der Waals surface area contributed by atoms with Gasteiger partial charge in [0.25, 0.3) is 0 Å². The molecule has 14 heteroatoms. The number of ether oxygens (including phenoxy) is 3. The fourth-order valence-electron chi connectivity index (χ4n) is 5.58. The van der Waals surface area contributed by atoms with Gasteiger partial charge < -0.3 is 35.3 Å². The topological polar surface area (TPSA) is 178 Å². The van der Waals surface area contributed by atoms with Crippen LogP contribution in [0.5, 0.6) is 17.2 Å². The molecule has 0 aromatic heterocycles. The molecule has 0 radical (unpaired) electrons. The van der Waals surface area contributed by atoms with Crippen molar-refractivity contribution < 1.29 is 42.1 Å². The van der Waals surface area contributed by atoms with E-state index in [1.807, 2.05) is 0 Å². The van der Waals surface area contributed by atoms with Crippen LogP contribution in [0.4, 0.5) is 16.2 Å². The van der Waals surface area contributed by atoms with Crippen LogP contribution in [0, 0.1) is 0 Å². The first-order valence-corrected chi connectivity index (χ1v) is 16.4. The van der Waals surface area contributed by atoms with Gasteiger partial charge in [-0.15, -0.1) is 0 Å². The molecule has 0 unspecified atom stereocenters. The summed E-state index contributed by atoms with van der Waals surface area (Å²) in [6, 6.07) is 12.3. The van der Waals surface area contributed by atoms with Crippen LogP contribution < -0.4 is 30.2 Å². The van der Waals surface area contributed by atoms with Gasteiger partial charge in [0.2, 0.25) is 11.8 Å². The highest BCUT2D eigenvalue weighted by molar-refractivity contribution is 7.92. The first kappa shape index (κ1) is 34.9. The molecular formula is C33H40N4O9S. The molecule has 47 heavy (non-hydrogen) atoms. The smallest absolute Gasteiger partial charge is 0.411 e. The summed E-state index contributed by atoms with van der Waals surface area (Å²) in [7, 11) is 1.95. The first-order chi connectivity index (χ1) is 22.2. The van der Waals surface area contributed by atoms with Crippen LogP contribution in [-0.2, 0) is 14.6 Å². The Morgan fingerprint density at radius 3 is 2.28 bits per heavy atom. The van der Waals surface area contributed by atoms with Gasteiger partial charge in [-0.3, -0.25) is 14.5 Å². The molecule has 0 bridgehead atoms. The molecule has 0 spiro atoms. The zero-order chi connectivity index (χ0) is 34.6. The van der Waals surface area contributed by atoms with Crippen molar-refractivity contribution in [2.75, 3.05) is 45.1 Å². The number of amides is 3. The largest absolute Gasteiger partial charge is 0.497 e. The molecule has 0 saturated carbocycles. The molecule has 1 aliphatic rings. The monoisotopic (exact) mass is 668 g/mol. The lowest BCUT2D eigenvalue weighted by Gasteiger charge is -2.32. The van der Waals surface area contributed by atoms with E-state index in [2.05, 4.69) is 5.32 Å². The molecule has 4 rings (SSSR count). The molecule has 2 atom stereocenters. The fourth-order valence-corrected chi connectivity index (χ4v) is 6.87. The molecule has 1 fully saturated rings. The Hall–Kier alpha value is -4.98. The molecule has 13 nitrogen and oxygen atoms in total. The predicted molar refractivity (Wildman–Crippen MR) is 176 cm³/mol. The van der Waals surface area contributed by atoms with Crippen molar-refractivity contribution in [1.82, 2.24) is 4.90 Å².